The zero-order valence-electron chi connectivity index (χ0n) is 15.4. The van der Waals surface area contributed by atoms with Crippen molar-refractivity contribution in [2.45, 2.75) is 25.8 Å². The smallest absolute Gasteiger partial charge is 0.224 e. The number of nitrogens with one attached hydrogen (secondary N) is 1. The molecule has 0 spiro atoms. The zero-order chi connectivity index (χ0) is 18.1. The van der Waals surface area contributed by atoms with Gasteiger partial charge >= 0.3 is 0 Å². The predicted molar refractivity (Wildman–Crippen MR) is 102 cm³/mol. The molecule has 0 bridgehead atoms. The third-order valence-electron chi connectivity index (χ3n) is 4.18. The van der Waals surface area contributed by atoms with Gasteiger partial charge in [-0.2, -0.15) is 0 Å². The van der Waals surface area contributed by atoms with Gasteiger partial charge in [-0.05, 0) is 50.7 Å². The number of likely N-dealkylation sites (N-methyl/N-ethyl adjacent to an activating group) is 1. The molecule has 4 nitrogen and oxygen atoms in total. The van der Waals surface area contributed by atoms with Crippen molar-refractivity contribution in [3.63, 3.8) is 0 Å². The van der Waals surface area contributed by atoms with E-state index < -0.39 is 0 Å². The van der Waals surface area contributed by atoms with E-state index in [1.54, 1.807) is 0 Å². The van der Waals surface area contributed by atoms with Crippen LogP contribution in [0.5, 0.6) is 5.75 Å². The highest BCUT2D eigenvalue weighted by atomic mass is 16.5. The van der Waals surface area contributed by atoms with Crippen LogP contribution in [0.25, 0.3) is 0 Å². The van der Waals surface area contributed by atoms with Crippen LogP contribution in [-0.4, -0.2) is 44.1 Å². The molecule has 2 aromatic rings. The molecule has 2 rings (SSSR count). The standard InChI is InChI=1S/C21H28N2O2/c1-4-25-20-12-10-18(11-13-20)15-21(24)22-16-19(23(2)3)14-17-8-6-5-7-9-17/h5-13,19H,4,14-16H2,1-3H3,(H,22,24). The van der Waals surface area contributed by atoms with Crippen molar-refractivity contribution >= 4 is 5.91 Å². The SMILES string of the molecule is CCOc1ccc(CC(=O)NCC(Cc2ccccc2)N(C)C)cc1. The highest BCUT2D eigenvalue weighted by Crippen LogP contribution is 2.12. The van der Waals surface area contributed by atoms with Gasteiger partial charge in [0.15, 0.2) is 0 Å². The topological polar surface area (TPSA) is 41.6 Å². The minimum absolute atomic E-state index is 0.0454. The van der Waals surface area contributed by atoms with Gasteiger partial charge in [-0.25, -0.2) is 0 Å². The van der Waals surface area contributed by atoms with Crippen LogP contribution >= 0.6 is 0 Å². The number of carbonyl (C=O) groups is 1. The van der Waals surface area contributed by atoms with Crippen LogP contribution in [0.1, 0.15) is 18.1 Å². The van der Waals surface area contributed by atoms with Gasteiger partial charge in [0.05, 0.1) is 13.0 Å². The average molecular weight is 340 g/mol. The molecular formula is C21H28N2O2. The Kier molecular flexibility index (Phi) is 7.48. The molecule has 25 heavy (non-hydrogen) atoms. The van der Waals surface area contributed by atoms with E-state index in [-0.39, 0.29) is 11.9 Å². The van der Waals surface area contributed by atoms with Gasteiger partial charge in [0.25, 0.3) is 0 Å². The van der Waals surface area contributed by atoms with Crippen molar-refractivity contribution < 1.29 is 9.53 Å². The molecule has 0 aliphatic rings. The number of rotatable bonds is 9. The third kappa shape index (κ3) is 6.59. The molecule has 0 aliphatic carbocycles. The van der Waals surface area contributed by atoms with E-state index in [0.29, 0.717) is 19.6 Å². The number of ether oxygens (including phenoxy) is 1. The summed E-state index contributed by atoms with van der Waals surface area (Å²) >= 11 is 0. The molecule has 2 aromatic carbocycles. The lowest BCUT2D eigenvalue weighted by molar-refractivity contribution is -0.120. The molecule has 0 fully saturated rings. The molecule has 0 heterocycles. The maximum atomic E-state index is 12.2. The van der Waals surface area contributed by atoms with Crippen molar-refractivity contribution in [1.82, 2.24) is 10.2 Å². The summed E-state index contributed by atoms with van der Waals surface area (Å²) < 4.78 is 5.42. The first-order chi connectivity index (χ1) is 12.1. The normalized spacial score (nSPS) is 12.0. The predicted octanol–water partition coefficient (Wildman–Crippen LogP) is 2.92. The molecule has 1 N–H and O–H groups in total. The molecule has 1 atom stereocenters. The van der Waals surface area contributed by atoms with Crippen LogP contribution in [0.15, 0.2) is 54.6 Å². The Morgan fingerprint density at radius 3 is 2.32 bits per heavy atom. The summed E-state index contributed by atoms with van der Waals surface area (Å²) in [6.45, 7) is 3.24. The van der Waals surface area contributed by atoms with Crippen LogP contribution in [0.2, 0.25) is 0 Å². The molecule has 1 unspecified atom stereocenters. The molecule has 0 saturated carbocycles. The third-order valence-corrected chi connectivity index (χ3v) is 4.18. The Hall–Kier alpha value is -2.33. The number of hydrogen-bond acceptors (Lipinski definition) is 3. The zero-order valence-corrected chi connectivity index (χ0v) is 15.4. The lowest BCUT2D eigenvalue weighted by atomic mass is 10.0. The Morgan fingerprint density at radius 1 is 1.04 bits per heavy atom. The lowest BCUT2D eigenvalue weighted by Gasteiger charge is -2.24. The Morgan fingerprint density at radius 2 is 1.72 bits per heavy atom. The lowest BCUT2D eigenvalue weighted by Crippen LogP contribution is -2.42. The Labute approximate surface area is 150 Å². The first kappa shape index (κ1) is 19.0. The van der Waals surface area contributed by atoms with Gasteiger partial charge < -0.3 is 15.0 Å². The van der Waals surface area contributed by atoms with Gasteiger partial charge in [0.2, 0.25) is 5.91 Å². The van der Waals surface area contributed by atoms with Crippen molar-refractivity contribution in [3.8, 4) is 5.75 Å². The van der Waals surface area contributed by atoms with Crippen molar-refractivity contribution in [1.29, 1.82) is 0 Å². The van der Waals surface area contributed by atoms with E-state index in [4.69, 9.17) is 4.74 Å². The second kappa shape index (κ2) is 9.84. The second-order valence-corrected chi connectivity index (χ2v) is 6.36. The molecule has 0 radical (unpaired) electrons. The highest BCUT2D eigenvalue weighted by molar-refractivity contribution is 5.78. The monoisotopic (exact) mass is 340 g/mol. The van der Waals surface area contributed by atoms with E-state index in [2.05, 4.69) is 22.3 Å². The van der Waals surface area contributed by atoms with E-state index in [1.165, 1.54) is 5.56 Å². The molecular weight excluding hydrogens is 312 g/mol. The van der Waals surface area contributed by atoms with Gasteiger partial charge in [0, 0.05) is 12.6 Å². The average Bonchev–Trinajstić information content (AvgIpc) is 2.61. The second-order valence-electron chi connectivity index (χ2n) is 6.36. The summed E-state index contributed by atoms with van der Waals surface area (Å²) in [5.74, 6) is 0.881. The Balaban J connectivity index is 1.84. The maximum absolute atomic E-state index is 12.2. The number of amides is 1. The summed E-state index contributed by atoms with van der Waals surface area (Å²) in [6.07, 6.45) is 1.30. The van der Waals surface area contributed by atoms with Gasteiger partial charge in [-0.15, -0.1) is 0 Å². The summed E-state index contributed by atoms with van der Waals surface area (Å²) in [4.78, 5) is 14.4. The summed E-state index contributed by atoms with van der Waals surface area (Å²) in [7, 11) is 4.10. The quantitative estimate of drug-likeness (QED) is 0.763. The number of nitrogens with zero attached hydrogens (tertiary/aromatic N) is 1. The minimum Gasteiger partial charge on any atom is -0.494 e. The number of benzene rings is 2. The van der Waals surface area contributed by atoms with E-state index in [9.17, 15) is 4.79 Å². The van der Waals surface area contributed by atoms with Crippen LogP contribution in [0.3, 0.4) is 0 Å². The van der Waals surface area contributed by atoms with Crippen molar-refractivity contribution in [3.05, 3.63) is 65.7 Å². The number of carbonyl (C=O) groups excluding carboxylic acids is 1. The van der Waals surface area contributed by atoms with Gasteiger partial charge in [0.1, 0.15) is 5.75 Å². The minimum atomic E-state index is 0.0454. The van der Waals surface area contributed by atoms with Crippen LogP contribution in [0, 0.1) is 0 Å². The van der Waals surface area contributed by atoms with Crippen molar-refractivity contribution in [2.75, 3.05) is 27.2 Å². The summed E-state index contributed by atoms with van der Waals surface area (Å²) in [5.41, 5.74) is 2.27. The Bertz CT molecular complexity index is 639. The molecule has 0 aromatic heterocycles. The highest BCUT2D eigenvalue weighted by Gasteiger charge is 2.14. The fourth-order valence-corrected chi connectivity index (χ4v) is 2.67. The number of hydrogen-bond donors (Lipinski definition) is 1. The fourth-order valence-electron chi connectivity index (χ4n) is 2.67. The van der Waals surface area contributed by atoms with E-state index in [0.717, 1.165) is 17.7 Å². The maximum Gasteiger partial charge on any atom is 0.224 e. The van der Waals surface area contributed by atoms with E-state index >= 15 is 0 Å². The largest absolute Gasteiger partial charge is 0.494 e. The van der Waals surface area contributed by atoms with Crippen LogP contribution in [0.4, 0.5) is 0 Å². The van der Waals surface area contributed by atoms with Gasteiger partial charge in [-0.1, -0.05) is 42.5 Å². The van der Waals surface area contributed by atoms with E-state index in [1.807, 2.05) is 63.5 Å². The molecule has 134 valence electrons. The van der Waals surface area contributed by atoms with Crippen LogP contribution in [-0.2, 0) is 17.6 Å². The van der Waals surface area contributed by atoms with Crippen molar-refractivity contribution in [2.24, 2.45) is 0 Å². The fraction of sp³-hybridized carbons (Fsp3) is 0.381. The molecule has 0 saturated heterocycles. The van der Waals surface area contributed by atoms with Crippen LogP contribution < -0.4 is 10.1 Å². The van der Waals surface area contributed by atoms with Gasteiger partial charge in [-0.3, -0.25) is 4.79 Å². The molecule has 4 heteroatoms. The summed E-state index contributed by atoms with van der Waals surface area (Å²) in [6, 6.07) is 18.3. The first-order valence-corrected chi connectivity index (χ1v) is 8.77. The first-order valence-electron chi connectivity index (χ1n) is 8.77. The summed E-state index contributed by atoms with van der Waals surface area (Å²) in [5, 5.41) is 3.06. The molecule has 1 amide bonds. The molecule has 0 aliphatic heterocycles.